The van der Waals surface area contributed by atoms with Gasteiger partial charge in [-0.1, -0.05) is 62.4 Å². The van der Waals surface area contributed by atoms with Gasteiger partial charge in [0.1, 0.15) is 17.6 Å². The van der Waals surface area contributed by atoms with Gasteiger partial charge in [0, 0.05) is 18.7 Å². The summed E-state index contributed by atoms with van der Waals surface area (Å²) in [6, 6.07) is 17.0. The number of ether oxygens (including phenoxy) is 1. The van der Waals surface area contributed by atoms with Crippen LogP contribution >= 0.6 is 15.9 Å². The lowest BCUT2D eigenvalue weighted by Crippen LogP contribution is -2.49. The van der Waals surface area contributed by atoms with E-state index in [4.69, 9.17) is 4.74 Å². The van der Waals surface area contributed by atoms with Crippen LogP contribution in [0.3, 0.4) is 0 Å². The number of hydrogen-bond donors (Lipinski definition) is 1. The first-order valence-electron chi connectivity index (χ1n) is 10.9. The Kier molecular flexibility index (Phi) is 8.44. The number of carbonyl (C=O) groups excluding carboxylic acids is 2. The Morgan fingerprint density at radius 1 is 1.03 bits per heavy atom. The molecule has 1 atom stereocenters. The minimum absolute atomic E-state index is 0.0377. The average Bonchev–Trinajstić information content (AvgIpc) is 2.81. The number of fused-ring (bicyclic) bond motifs is 1. The van der Waals surface area contributed by atoms with Gasteiger partial charge in [0.05, 0.1) is 4.47 Å². The van der Waals surface area contributed by atoms with Crippen molar-refractivity contribution in [1.29, 1.82) is 0 Å². The Hall–Kier alpha value is -2.93. The van der Waals surface area contributed by atoms with Gasteiger partial charge in [-0.3, -0.25) is 9.59 Å². The van der Waals surface area contributed by atoms with E-state index in [1.165, 1.54) is 11.0 Å². The smallest absolute Gasteiger partial charge is 0.261 e. The lowest BCUT2D eigenvalue weighted by Gasteiger charge is -2.29. The van der Waals surface area contributed by atoms with Gasteiger partial charge < -0.3 is 15.0 Å². The normalized spacial score (nSPS) is 11.9. The molecule has 1 unspecified atom stereocenters. The maximum absolute atomic E-state index is 14.3. The van der Waals surface area contributed by atoms with Gasteiger partial charge in [-0.05, 0) is 51.7 Å². The van der Waals surface area contributed by atoms with Crippen LogP contribution in [0.1, 0.15) is 26.3 Å². The molecule has 0 aliphatic carbocycles. The summed E-state index contributed by atoms with van der Waals surface area (Å²) in [5.74, 6) is -0.343. The maximum atomic E-state index is 14.3. The summed E-state index contributed by atoms with van der Waals surface area (Å²) in [4.78, 5) is 27.2. The first-order chi connectivity index (χ1) is 15.8. The molecule has 0 radical (unpaired) electrons. The molecule has 1 N–H and O–H groups in total. The highest BCUT2D eigenvalue weighted by molar-refractivity contribution is 9.10. The van der Waals surface area contributed by atoms with Crippen LogP contribution in [0, 0.1) is 11.7 Å². The van der Waals surface area contributed by atoms with Gasteiger partial charge in [-0.25, -0.2) is 4.39 Å². The molecular formula is C26H28BrFN2O3. The topological polar surface area (TPSA) is 58.6 Å². The summed E-state index contributed by atoms with van der Waals surface area (Å²) in [7, 11) is 0. The van der Waals surface area contributed by atoms with E-state index in [-0.39, 0.29) is 25.0 Å². The van der Waals surface area contributed by atoms with Gasteiger partial charge in [0.25, 0.3) is 5.91 Å². The minimum atomic E-state index is -0.792. The predicted molar refractivity (Wildman–Crippen MR) is 131 cm³/mol. The van der Waals surface area contributed by atoms with Crippen LogP contribution in [-0.2, 0) is 16.1 Å². The third-order valence-corrected chi connectivity index (χ3v) is 6.15. The molecular weight excluding hydrogens is 487 g/mol. The molecule has 0 bridgehead atoms. The lowest BCUT2D eigenvalue weighted by molar-refractivity contribution is -0.142. The highest BCUT2D eigenvalue weighted by Gasteiger charge is 2.27. The Morgan fingerprint density at radius 3 is 2.45 bits per heavy atom. The minimum Gasteiger partial charge on any atom is -0.483 e. The van der Waals surface area contributed by atoms with Crippen molar-refractivity contribution >= 4 is 38.5 Å². The standard InChI is InChI=1S/C26H28BrFN2O3/c1-17(2)14-29-26(32)18(3)30(15-20-9-5-7-11-22(20)28)24(31)16-33-23-13-12-19-8-4-6-10-21(19)25(23)27/h4-13,17-18H,14-16H2,1-3H3,(H,29,32). The van der Waals surface area contributed by atoms with Gasteiger partial charge in [0.2, 0.25) is 5.91 Å². The highest BCUT2D eigenvalue weighted by Crippen LogP contribution is 2.33. The third-order valence-electron chi connectivity index (χ3n) is 5.33. The van der Waals surface area contributed by atoms with E-state index in [2.05, 4.69) is 21.2 Å². The fourth-order valence-electron chi connectivity index (χ4n) is 3.39. The van der Waals surface area contributed by atoms with Gasteiger partial charge >= 0.3 is 0 Å². The lowest BCUT2D eigenvalue weighted by atomic mass is 10.1. The summed E-state index contributed by atoms with van der Waals surface area (Å²) < 4.78 is 20.9. The van der Waals surface area contributed by atoms with Gasteiger partial charge in [0.15, 0.2) is 6.61 Å². The summed E-state index contributed by atoms with van der Waals surface area (Å²) in [6.45, 7) is 5.79. The summed E-state index contributed by atoms with van der Waals surface area (Å²) in [6.07, 6.45) is 0. The number of nitrogens with zero attached hydrogens (tertiary/aromatic N) is 1. The number of nitrogens with one attached hydrogen (secondary N) is 1. The Morgan fingerprint density at radius 2 is 1.73 bits per heavy atom. The van der Waals surface area contributed by atoms with Gasteiger partial charge in [-0.2, -0.15) is 0 Å². The zero-order chi connectivity index (χ0) is 24.0. The third kappa shape index (κ3) is 6.32. The molecule has 5 nitrogen and oxygen atoms in total. The largest absolute Gasteiger partial charge is 0.483 e. The number of halogens is 2. The van der Waals surface area contributed by atoms with Crippen molar-refractivity contribution in [2.45, 2.75) is 33.4 Å². The van der Waals surface area contributed by atoms with E-state index in [9.17, 15) is 14.0 Å². The van der Waals surface area contributed by atoms with Crippen molar-refractivity contribution in [3.05, 3.63) is 76.5 Å². The van der Waals surface area contributed by atoms with E-state index >= 15 is 0 Å². The summed E-state index contributed by atoms with van der Waals surface area (Å²) in [5, 5.41) is 4.85. The van der Waals surface area contributed by atoms with Crippen LogP contribution in [0.15, 0.2) is 65.1 Å². The molecule has 0 saturated heterocycles. The van der Waals surface area contributed by atoms with Crippen molar-refractivity contribution in [2.75, 3.05) is 13.2 Å². The van der Waals surface area contributed by atoms with Crippen LogP contribution in [0.2, 0.25) is 0 Å². The second-order valence-electron chi connectivity index (χ2n) is 8.32. The van der Waals surface area contributed by atoms with E-state index in [1.807, 2.05) is 44.2 Å². The fourth-order valence-corrected chi connectivity index (χ4v) is 4.00. The molecule has 0 saturated carbocycles. The van der Waals surface area contributed by atoms with Crippen LogP contribution in [0.25, 0.3) is 10.8 Å². The van der Waals surface area contributed by atoms with Crippen molar-refractivity contribution in [1.82, 2.24) is 10.2 Å². The van der Waals surface area contributed by atoms with Crippen LogP contribution in [-0.4, -0.2) is 35.9 Å². The van der Waals surface area contributed by atoms with Crippen molar-refractivity contribution in [2.24, 2.45) is 5.92 Å². The van der Waals surface area contributed by atoms with Crippen LogP contribution in [0.4, 0.5) is 4.39 Å². The molecule has 0 aliphatic heterocycles. The monoisotopic (exact) mass is 514 g/mol. The predicted octanol–water partition coefficient (Wildman–Crippen LogP) is 5.31. The molecule has 33 heavy (non-hydrogen) atoms. The molecule has 2 amide bonds. The zero-order valence-electron chi connectivity index (χ0n) is 19.0. The number of amides is 2. The number of rotatable bonds is 9. The van der Waals surface area contributed by atoms with Crippen molar-refractivity contribution < 1.29 is 18.7 Å². The van der Waals surface area contributed by atoms with E-state index in [0.717, 1.165) is 15.2 Å². The van der Waals surface area contributed by atoms with Crippen molar-refractivity contribution in [3.8, 4) is 5.75 Å². The summed E-state index contributed by atoms with van der Waals surface area (Å²) >= 11 is 3.55. The average molecular weight is 515 g/mol. The van der Waals surface area contributed by atoms with Crippen LogP contribution in [0.5, 0.6) is 5.75 Å². The first-order valence-corrected chi connectivity index (χ1v) is 11.7. The van der Waals surface area contributed by atoms with E-state index < -0.39 is 17.8 Å². The molecule has 0 fully saturated rings. The van der Waals surface area contributed by atoms with Gasteiger partial charge in [-0.15, -0.1) is 0 Å². The zero-order valence-corrected chi connectivity index (χ0v) is 20.6. The fraction of sp³-hybridized carbons (Fsp3) is 0.308. The first kappa shape index (κ1) is 24.7. The Labute approximate surface area is 202 Å². The molecule has 174 valence electrons. The SMILES string of the molecule is CC(C)CNC(=O)C(C)N(Cc1ccccc1F)C(=O)COc1ccc2ccccc2c1Br. The molecule has 0 spiro atoms. The van der Waals surface area contributed by atoms with E-state index in [0.29, 0.717) is 17.9 Å². The summed E-state index contributed by atoms with van der Waals surface area (Å²) in [5.41, 5.74) is 0.334. The van der Waals surface area contributed by atoms with Crippen molar-refractivity contribution in [3.63, 3.8) is 0 Å². The Bertz CT molecular complexity index is 1140. The molecule has 3 aromatic rings. The number of benzene rings is 3. The Balaban J connectivity index is 1.79. The van der Waals surface area contributed by atoms with Crippen LogP contribution < -0.4 is 10.1 Å². The van der Waals surface area contributed by atoms with E-state index in [1.54, 1.807) is 31.2 Å². The second-order valence-corrected chi connectivity index (χ2v) is 9.11. The maximum Gasteiger partial charge on any atom is 0.261 e. The highest BCUT2D eigenvalue weighted by atomic mass is 79.9. The molecule has 3 rings (SSSR count). The number of carbonyl (C=O) groups is 2. The molecule has 0 heterocycles. The molecule has 3 aromatic carbocycles. The molecule has 0 aromatic heterocycles. The second kappa shape index (κ2) is 11.3. The quantitative estimate of drug-likeness (QED) is 0.420. The number of hydrogen-bond acceptors (Lipinski definition) is 3. The molecule has 7 heteroatoms. The molecule has 0 aliphatic rings.